The second kappa shape index (κ2) is 5.63. The van der Waals surface area contributed by atoms with Crippen molar-refractivity contribution in [3.8, 4) is 0 Å². The predicted molar refractivity (Wildman–Crippen MR) is 71.8 cm³/mol. The van der Waals surface area contributed by atoms with Gasteiger partial charge in [-0.2, -0.15) is 0 Å². The number of nitrogens with zero attached hydrogens (tertiary/aromatic N) is 1. The molecule has 0 spiro atoms. The van der Waals surface area contributed by atoms with Gasteiger partial charge in [0.05, 0.1) is 11.3 Å². The summed E-state index contributed by atoms with van der Waals surface area (Å²) in [5, 5.41) is 0. The maximum absolute atomic E-state index is 11.8. The minimum Gasteiger partial charge on any atom is -0.305 e. The van der Waals surface area contributed by atoms with E-state index >= 15 is 0 Å². The molecule has 0 radical (unpaired) electrons. The topological polar surface area (TPSA) is 37.4 Å². The zero-order valence-electron chi connectivity index (χ0n) is 10.4. The molecule has 0 saturated carbocycles. The molecule has 1 heterocycles. The van der Waals surface area contributed by atoms with Crippen LogP contribution in [-0.4, -0.2) is 18.2 Å². The Bertz CT molecular complexity index is 479. The molecule has 1 aromatic carbocycles. The maximum atomic E-state index is 11.8. The summed E-state index contributed by atoms with van der Waals surface area (Å²) < 4.78 is 0. The highest BCUT2D eigenvalue weighted by Crippen LogP contribution is 2.28. The van der Waals surface area contributed by atoms with E-state index in [0.717, 1.165) is 31.4 Å². The lowest BCUT2D eigenvalue weighted by Crippen LogP contribution is -2.30. The summed E-state index contributed by atoms with van der Waals surface area (Å²) in [4.78, 5) is 25.2. The number of hydrogen-bond donors (Lipinski definition) is 0. The largest absolute Gasteiger partial charge is 0.305 e. The van der Waals surface area contributed by atoms with Crippen molar-refractivity contribution < 1.29 is 9.59 Å². The van der Waals surface area contributed by atoms with Gasteiger partial charge in [0.25, 0.3) is 11.7 Å². The summed E-state index contributed by atoms with van der Waals surface area (Å²) in [6.45, 7) is 4.30. The van der Waals surface area contributed by atoms with Crippen molar-refractivity contribution in [2.24, 2.45) is 0 Å². The van der Waals surface area contributed by atoms with Crippen LogP contribution in [-0.2, 0) is 4.79 Å². The van der Waals surface area contributed by atoms with E-state index in [0.29, 0.717) is 12.1 Å². The van der Waals surface area contributed by atoms with Gasteiger partial charge in [0.1, 0.15) is 0 Å². The summed E-state index contributed by atoms with van der Waals surface area (Å²) in [5.74, 6) is -0.767. The lowest BCUT2D eigenvalue weighted by molar-refractivity contribution is -0.114. The molecule has 1 aliphatic heterocycles. The van der Waals surface area contributed by atoms with E-state index in [9.17, 15) is 9.59 Å². The number of unbranched alkanes of at least 4 members (excludes halogenated alkanes) is 3. The number of anilines is 1. The summed E-state index contributed by atoms with van der Waals surface area (Å²) in [6, 6.07) is 7.20. The number of allylic oxidation sites excluding steroid dienone is 1. The number of carbonyl (C=O) groups is 2. The van der Waals surface area contributed by atoms with Gasteiger partial charge in [-0.15, -0.1) is 6.58 Å². The Kier molecular flexibility index (Phi) is 3.92. The number of hydrogen-bond acceptors (Lipinski definition) is 2. The predicted octanol–water partition coefficient (Wildman–Crippen LogP) is 2.96. The molecule has 94 valence electrons. The molecule has 1 aliphatic rings. The van der Waals surface area contributed by atoms with Crippen molar-refractivity contribution >= 4 is 17.4 Å². The van der Waals surface area contributed by atoms with Gasteiger partial charge in [0, 0.05) is 6.54 Å². The average molecular weight is 243 g/mol. The number of carbonyl (C=O) groups excluding carboxylic acids is 2. The van der Waals surface area contributed by atoms with Gasteiger partial charge in [-0.3, -0.25) is 9.59 Å². The van der Waals surface area contributed by atoms with Gasteiger partial charge < -0.3 is 4.90 Å². The number of para-hydroxylation sites is 1. The van der Waals surface area contributed by atoms with Crippen LogP contribution in [0.1, 0.15) is 36.0 Å². The van der Waals surface area contributed by atoms with Gasteiger partial charge in [-0.25, -0.2) is 0 Å². The molecule has 0 bridgehead atoms. The van der Waals surface area contributed by atoms with Crippen molar-refractivity contribution in [2.45, 2.75) is 25.7 Å². The molecule has 2 rings (SSSR count). The standard InChI is InChI=1S/C15H17NO2/c1-2-3-4-5-8-11-16-13-10-7-6-9-12(13)14(17)15(16)18/h2,6-7,9-10H,1,3-5,8,11H2. The van der Waals surface area contributed by atoms with Crippen molar-refractivity contribution in [3.63, 3.8) is 0 Å². The zero-order chi connectivity index (χ0) is 13.0. The first-order valence-electron chi connectivity index (χ1n) is 6.32. The summed E-state index contributed by atoms with van der Waals surface area (Å²) in [5.41, 5.74) is 1.30. The van der Waals surface area contributed by atoms with E-state index in [1.54, 1.807) is 17.0 Å². The molecule has 18 heavy (non-hydrogen) atoms. The third-order valence-electron chi connectivity index (χ3n) is 3.17. The highest BCUT2D eigenvalue weighted by Gasteiger charge is 2.34. The fourth-order valence-electron chi connectivity index (χ4n) is 2.21. The Balaban J connectivity index is 1.99. The molecule has 1 aromatic rings. The molecule has 0 saturated heterocycles. The van der Waals surface area contributed by atoms with Gasteiger partial charge in [-0.05, 0) is 31.4 Å². The third kappa shape index (κ3) is 2.35. The normalized spacial score (nSPS) is 13.9. The minimum atomic E-state index is -0.389. The Labute approximate surface area is 107 Å². The molecule has 0 unspecified atom stereocenters. The van der Waals surface area contributed by atoms with Gasteiger partial charge in [0.2, 0.25) is 0 Å². The van der Waals surface area contributed by atoms with E-state index in [-0.39, 0.29) is 11.7 Å². The molecule has 0 fully saturated rings. The summed E-state index contributed by atoms with van der Waals surface area (Å²) in [7, 11) is 0. The molecule has 0 aromatic heterocycles. The first-order valence-corrected chi connectivity index (χ1v) is 6.32. The molecule has 0 aliphatic carbocycles. The van der Waals surface area contributed by atoms with E-state index in [1.165, 1.54) is 0 Å². The average Bonchev–Trinajstić information content (AvgIpc) is 2.64. The number of rotatable bonds is 6. The third-order valence-corrected chi connectivity index (χ3v) is 3.17. The van der Waals surface area contributed by atoms with E-state index in [4.69, 9.17) is 0 Å². The quantitative estimate of drug-likeness (QED) is 0.437. The maximum Gasteiger partial charge on any atom is 0.299 e. The number of Topliss-reactive ketones (excluding diaryl/α,β-unsaturated/α-hetero) is 1. The van der Waals surface area contributed by atoms with Crippen LogP contribution in [0.15, 0.2) is 36.9 Å². The van der Waals surface area contributed by atoms with Crippen LogP contribution >= 0.6 is 0 Å². The van der Waals surface area contributed by atoms with Crippen LogP contribution < -0.4 is 4.90 Å². The lowest BCUT2D eigenvalue weighted by Gasteiger charge is -2.15. The zero-order valence-corrected chi connectivity index (χ0v) is 10.4. The molecule has 0 N–H and O–H groups in total. The highest BCUT2D eigenvalue weighted by atomic mass is 16.2. The van der Waals surface area contributed by atoms with Crippen LogP contribution in [0, 0.1) is 0 Å². The lowest BCUT2D eigenvalue weighted by atomic mass is 10.1. The Hall–Kier alpha value is -1.90. The molecule has 3 heteroatoms. The fraction of sp³-hybridized carbons (Fsp3) is 0.333. The monoisotopic (exact) mass is 243 g/mol. The van der Waals surface area contributed by atoms with Gasteiger partial charge >= 0.3 is 0 Å². The van der Waals surface area contributed by atoms with Gasteiger partial charge in [-0.1, -0.05) is 24.6 Å². The Morgan fingerprint density at radius 1 is 1.11 bits per heavy atom. The number of ketones is 1. The Morgan fingerprint density at radius 2 is 1.89 bits per heavy atom. The SMILES string of the molecule is C=CCCCCCN1C(=O)C(=O)c2ccccc21. The Morgan fingerprint density at radius 3 is 2.67 bits per heavy atom. The van der Waals surface area contributed by atoms with Crippen LogP contribution in [0.5, 0.6) is 0 Å². The molecular weight excluding hydrogens is 226 g/mol. The van der Waals surface area contributed by atoms with E-state index in [2.05, 4.69) is 6.58 Å². The van der Waals surface area contributed by atoms with E-state index < -0.39 is 0 Å². The van der Waals surface area contributed by atoms with Crippen molar-refractivity contribution in [3.05, 3.63) is 42.5 Å². The summed E-state index contributed by atoms with van der Waals surface area (Å²) >= 11 is 0. The van der Waals surface area contributed by atoms with E-state index in [1.807, 2.05) is 18.2 Å². The minimum absolute atomic E-state index is 0.378. The smallest absolute Gasteiger partial charge is 0.299 e. The number of benzene rings is 1. The van der Waals surface area contributed by atoms with Crippen LogP contribution in [0.25, 0.3) is 0 Å². The van der Waals surface area contributed by atoms with Crippen molar-refractivity contribution in [2.75, 3.05) is 11.4 Å². The second-order valence-electron chi connectivity index (χ2n) is 4.44. The van der Waals surface area contributed by atoms with Gasteiger partial charge in [0.15, 0.2) is 0 Å². The van der Waals surface area contributed by atoms with Crippen molar-refractivity contribution in [1.29, 1.82) is 0 Å². The molecule has 1 amide bonds. The molecular formula is C15H17NO2. The second-order valence-corrected chi connectivity index (χ2v) is 4.44. The first-order chi connectivity index (χ1) is 8.75. The van der Waals surface area contributed by atoms with Crippen LogP contribution in [0.3, 0.4) is 0 Å². The first kappa shape index (κ1) is 12.6. The van der Waals surface area contributed by atoms with Crippen molar-refractivity contribution in [1.82, 2.24) is 0 Å². The van der Waals surface area contributed by atoms with Crippen LogP contribution in [0.2, 0.25) is 0 Å². The molecule has 0 atom stereocenters. The number of fused-ring (bicyclic) bond motifs is 1. The fourth-order valence-corrected chi connectivity index (χ4v) is 2.21. The van der Waals surface area contributed by atoms with Crippen LogP contribution in [0.4, 0.5) is 5.69 Å². The number of amides is 1. The highest BCUT2D eigenvalue weighted by molar-refractivity contribution is 6.52. The molecule has 3 nitrogen and oxygen atoms in total. The summed E-state index contributed by atoms with van der Waals surface area (Å²) in [6.07, 6.45) is 5.96.